The minimum atomic E-state index is -0.270. The van der Waals surface area contributed by atoms with E-state index in [0.717, 1.165) is 12.1 Å². The normalized spacial score (nSPS) is 11.4. The summed E-state index contributed by atoms with van der Waals surface area (Å²) in [7, 11) is 0. The summed E-state index contributed by atoms with van der Waals surface area (Å²) in [5.41, 5.74) is 9.08. The van der Waals surface area contributed by atoms with Gasteiger partial charge in [0, 0.05) is 47.5 Å². The molecular weight excluding hydrogens is 288 g/mol. The standard InChI is InChI=1S/C18H22N4O/c1-13(2)18-15(11-21-10-8-20-12-21)14-5-3-4-6-16(14)22(18)9-7-17(19)23/h3-6,8,10,12-13H,7,9,11H2,1-2H3,(H2,19,23). The highest BCUT2D eigenvalue weighted by Crippen LogP contribution is 2.32. The van der Waals surface area contributed by atoms with Gasteiger partial charge in [-0.1, -0.05) is 32.0 Å². The van der Waals surface area contributed by atoms with Crippen molar-refractivity contribution in [3.63, 3.8) is 0 Å². The number of fused-ring (bicyclic) bond motifs is 1. The molecule has 2 aromatic heterocycles. The largest absolute Gasteiger partial charge is 0.370 e. The van der Waals surface area contributed by atoms with Crippen LogP contribution < -0.4 is 5.73 Å². The quantitative estimate of drug-likeness (QED) is 0.761. The molecule has 0 saturated heterocycles. The first-order chi connectivity index (χ1) is 11.1. The van der Waals surface area contributed by atoms with Crippen molar-refractivity contribution in [2.75, 3.05) is 0 Å². The molecule has 2 N–H and O–H groups in total. The van der Waals surface area contributed by atoms with Gasteiger partial charge in [0.15, 0.2) is 0 Å². The molecule has 0 radical (unpaired) electrons. The summed E-state index contributed by atoms with van der Waals surface area (Å²) in [5, 5.41) is 1.23. The van der Waals surface area contributed by atoms with Gasteiger partial charge in [0.1, 0.15) is 0 Å². The number of nitrogens with zero attached hydrogens (tertiary/aromatic N) is 3. The number of carbonyl (C=O) groups is 1. The number of benzene rings is 1. The van der Waals surface area contributed by atoms with E-state index in [2.05, 4.69) is 46.2 Å². The van der Waals surface area contributed by atoms with E-state index < -0.39 is 0 Å². The summed E-state index contributed by atoms with van der Waals surface area (Å²) in [6.45, 7) is 5.77. The highest BCUT2D eigenvalue weighted by atomic mass is 16.1. The van der Waals surface area contributed by atoms with Crippen LogP contribution in [0.15, 0.2) is 43.0 Å². The van der Waals surface area contributed by atoms with Gasteiger partial charge in [0.25, 0.3) is 0 Å². The SMILES string of the molecule is CC(C)c1c(Cn2ccnc2)c2ccccc2n1CCC(N)=O. The lowest BCUT2D eigenvalue weighted by atomic mass is 10.0. The lowest BCUT2D eigenvalue weighted by Gasteiger charge is -2.15. The lowest BCUT2D eigenvalue weighted by molar-refractivity contribution is -0.118. The number of aryl methyl sites for hydroxylation is 1. The summed E-state index contributed by atoms with van der Waals surface area (Å²) < 4.78 is 4.32. The zero-order chi connectivity index (χ0) is 16.4. The van der Waals surface area contributed by atoms with Crippen LogP contribution in [0.3, 0.4) is 0 Å². The fourth-order valence-corrected chi connectivity index (χ4v) is 3.25. The van der Waals surface area contributed by atoms with Gasteiger partial charge in [0.05, 0.1) is 12.9 Å². The van der Waals surface area contributed by atoms with Crippen LogP contribution in [0, 0.1) is 0 Å². The number of nitrogens with two attached hydrogens (primary N) is 1. The van der Waals surface area contributed by atoms with Gasteiger partial charge in [0.2, 0.25) is 5.91 Å². The van der Waals surface area contributed by atoms with Gasteiger partial charge in [-0.25, -0.2) is 4.98 Å². The van der Waals surface area contributed by atoms with Gasteiger partial charge in [-0.2, -0.15) is 0 Å². The Morgan fingerprint density at radius 1 is 1.30 bits per heavy atom. The molecule has 5 heteroatoms. The first-order valence-electron chi connectivity index (χ1n) is 7.92. The number of hydrogen-bond donors (Lipinski definition) is 1. The Hall–Kier alpha value is -2.56. The maximum Gasteiger partial charge on any atom is 0.219 e. The second-order valence-corrected chi connectivity index (χ2v) is 6.14. The van der Waals surface area contributed by atoms with E-state index in [-0.39, 0.29) is 5.91 Å². The first kappa shape index (κ1) is 15.3. The average Bonchev–Trinajstić information content (AvgIpc) is 3.12. The molecule has 1 amide bonds. The van der Waals surface area contributed by atoms with E-state index in [4.69, 9.17) is 5.73 Å². The van der Waals surface area contributed by atoms with Crippen LogP contribution in [0.5, 0.6) is 0 Å². The molecule has 0 atom stereocenters. The molecule has 120 valence electrons. The number of amides is 1. The average molecular weight is 310 g/mol. The lowest BCUT2D eigenvalue weighted by Crippen LogP contribution is -2.16. The Balaban J connectivity index is 2.16. The summed E-state index contributed by atoms with van der Waals surface area (Å²) in [6.07, 6.45) is 5.95. The van der Waals surface area contributed by atoms with Crippen LogP contribution in [-0.4, -0.2) is 20.0 Å². The third kappa shape index (κ3) is 2.99. The number of hydrogen-bond acceptors (Lipinski definition) is 2. The number of carbonyl (C=O) groups excluding carboxylic acids is 1. The number of imidazole rings is 1. The Morgan fingerprint density at radius 2 is 2.09 bits per heavy atom. The molecule has 1 aromatic carbocycles. The fourth-order valence-electron chi connectivity index (χ4n) is 3.25. The minimum absolute atomic E-state index is 0.270. The minimum Gasteiger partial charge on any atom is -0.370 e. The summed E-state index contributed by atoms with van der Waals surface area (Å²) in [5.74, 6) is 0.0856. The van der Waals surface area contributed by atoms with E-state index in [0.29, 0.717) is 18.9 Å². The van der Waals surface area contributed by atoms with Gasteiger partial charge in [-0.05, 0) is 12.0 Å². The van der Waals surface area contributed by atoms with Crippen LogP contribution in [0.25, 0.3) is 10.9 Å². The van der Waals surface area contributed by atoms with Crippen molar-refractivity contribution >= 4 is 16.8 Å². The molecule has 0 aliphatic carbocycles. The van der Waals surface area contributed by atoms with Crippen LogP contribution >= 0.6 is 0 Å². The summed E-state index contributed by atoms with van der Waals surface area (Å²) in [6, 6.07) is 8.35. The highest BCUT2D eigenvalue weighted by molar-refractivity contribution is 5.86. The molecule has 0 saturated carbocycles. The van der Waals surface area contributed by atoms with Gasteiger partial charge in [-0.3, -0.25) is 4.79 Å². The Bertz CT molecular complexity index is 815. The Kier molecular flexibility index (Phi) is 4.19. The van der Waals surface area contributed by atoms with Crippen molar-refractivity contribution in [1.29, 1.82) is 0 Å². The topological polar surface area (TPSA) is 65.8 Å². The second kappa shape index (κ2) is 6.28. The molecular formula is C18H22N4O. The molecule has 0 aliphatic rings. The first-order valence-corrected chi connectivity index (χ1v) is 7.92. The molecule has 3 aromatic rings. The van der Waals surface area contributed by atoms with E-state index in [9.17, 15) is 4.79 Å². The van der Waals surface area contributed by atoms with Crippen LogP contribution in [-0.2, 0) is 17.9 Å². The molecule has 5 nitrogen and oxygen atoms in total. The molecule has 0 aliphatic heterocycles. The van der Waals surface area contributed by atoms with Crippen LogP contribution in [0.1, 0.15) is 37.4 Å². The van der Waals surface area contributed by atoms with Gasteiger partial charge >= 0.3 is 0 Å². The van der Waals surface area contributed by atoms with Crippen molar-refractivity contribution in [3.8, 4) is 0 Å². The van der Waals surface area contributed by atoms with Crippen molar-refractivity contribution < 1.29 is 4.79 Å². The van der Waals surface area contributed by atoms with Crippen molar-refractivity contribution in [1.82, 2.24) is 14.1 Å². The van der Waals surface area contributed by atoms with Crippen LogP contribution in [0.4, 0.5) is 0 Å². The number of primary amides is 1. The molecule has 0 unspecified atom stereocenters. The van der Waals surface area contributed by atoms with Gasteiger partial charge < -0.3 is 14.9 Å². The molecule has 23 heavy (non-hydrogen) atoms. The molecule has 0 fully saturated rings. The van der Waals surface area contributed by atoms with Gasteiger partial charge in [-0.15, -0.1) is 0 Å². The smallest absolute Gasteiger partial charge is 0.219 e. The molecule has 3 rings (SSSR count). The number of para-hydroxylation sites is 1. The summed E-state index contributed by atoms with van der Waals surface area (Å²) in [4.78, 5) is 15.4. The van der Waals surface area contributed by atoms with Crippen molar-refractivity contribution in [2.45, 2.75) is 39.3 Å². The predicted octanol–water partition coefficient (Wildman–Crippen LogP) is 2.88. The van der Waals surface area contributed by atoms with E-state index in [1.165, 1.54) is 16.6 Å². The van der Waals surface area contributed by atoms with Crippen molar-refractivity contribution in [2.24, 2.45) is 5.73 Å². The monoisotopic (exact) mass is 310 g/mol. The molecule has 0 spiro atoms. The zero-order valence-electron chi connectivity index (χ0n) is 13.6. The number of rotatable bonds is 6. The molecule has 2 heterocycles. The third-order valence-corrected chi connectivity index (χ3v) is 4.15. The predicted molar refractivity (Wildman–Crippen MR) is 91.2 cm³/mol. The Labute approximate surface area is 135 Å². The van der Waals surface area contributed by atoms with E-state index >= 15 is 0 Å². The number of aromatic nitrogens is 3. The van der Waals surface area contributed by atoms with Crippen LogP contribution in [0.2, 0.25) is 0 Å². The van der Waals surface area contributed by atoms with Crippen molar-refractivity contribution in [3.05, 3.63) is 54.2 Å². The van der Waals surface area contributed by atoms with E-state index in [1.807, 2.05) is 18.6 Å². The molecule has 0 bridgehead atoms. The van der Waals surface area contributed by atoms with E-state index in [1.54, 1.807) is 6.20 Å². The highest BCUT2D eigenvalue weighted by Gasteiger charge is 2.19. The second-order valence-electron chi connectivity index (χ2n) is 6.14. The fraction of sp³-hybridized carbons (Fsp3) is 0.333. The Morgan fingerprint density at radius 3 is 2.74 bits per heavy atom. The summed E-state index contributed by atoms with van der Waals surface area (Å²) >= 11 is 0. The maximum absolute atomic E-state index is 11.2. The maximum atomic E-state index is 11.2. The zero-order valence-corrected chi connectivity index (χ0v) is 13.6. The third-order valence-electron chi connectivity index (χ3n) is 4.15.